The van der Waals surface area contributed by atoms with Gasteiger partial charge in [0.2, 0.25) is 0 Å². The van der Waals surface area contributed by atoms with Gasteiger partial charge >= 0.3 is 16.2 Å². The largest absolute Gasteiger partial charge is 0.481 e. The van der Waals surface area contributed by atoms with Crippen molar-refractivity contribution < 1.29 is 22.7 Å². The van der Waals surface area contributed by atoms with E-state index < -0.39 is 27.9 Å². The number of carboxylic acid groups (broad SMARTS) is 1. The van der Waals surface area contributed by atoms with Gasteiger partial charge in [-0.05, 0) is 31.0 Å². The van der Waals surface area contributed by atoms with Crippen molar-refractivity contribution in [2.45, 2.75) is 12.8 Å². The molecule has 0 unspecified atom stereocenters. The molecular weight excluding hydrogens is 323 g/mol. The molecule has 0 spiro atoms. The lowest BCUT2D eigenvalue weighted by molar-refractivity contribution is -0.142. The second-order valence-corrected chi connectivity index (χ2v) is 6.82. The van der Waals surface area contributed by atoms with Gasteiger partial charge in [0.1, 0.15) is 5.82 Å². The van der Waals surface area contributed by atoms with E-state index in [2.05, 4.69) is 4.72 Å². The van der Waals surface area contributed by atoms with Gasteiger partial charge in [0.15, 0.2) is 0 Å². The predicted octanol–water partition coefficient (Wildman–Crippen LogP) is 1.93. The monoisotopic (exact) mass is 336 g/mol. The van der Waals surface area contributed by atoms with Crippen LogP contribution in [0.2, 0.25) is 5.02 Å². The molecule has 0 saturated carbocycles. The average Bonchev–Trinajstić information content (AvgIpc) is 2.42. The Morgan fingerprint density at radius 1 is 1.38 bits per heavy atom. The number of piperidine rings is 1. The van der Waals surface area contributed by atoms with Crippen molar-refractivity contribution in [3.63, 3.8) is 0 Å². The lowest BCUT2D eigenvalue weighted by Crippen LogP contribution is -2.42. The van der Waals surface area contributed by atoms with Crippen LogP contribution in [0.1, 0.15) is 12.8 Å². The van der Waals surface area contributed by atoms with Gasteiger partial charge in [-0.25, -0.2) is 4.39 Å². The summed E-state index contributed by atoms with van der Waals surface area (Å²) in [6, 6.07) is 3.34. The van der Waals surface area contributed by atoms with Crippen molar-refractivity contribution in [1.29, 1.82) is 0 Å². The second-order valence-electron chi connectivity index (χ2n) is 4.74. The Balaban J connectivity index is 2.07. The summed E-state index contributed by atoms with van der Waals surface area (Å²) >= 11 is 5.78. The van der Waals surface area contributed by atoms with Crippen LogP contribution < -0.4 is 4.72 Å². The molecule has 1 aromatic carbocycles. The fraction of sp³-hybridized carbons (Fsp3) is 0.417. The van der Waals surface area contributed by atoms with Crippen LogP contribution in [0.15, 0.2) is 18.2 Å². The van der Waals surface area contributed by atoms with Crippen molar-refractivity contribution in [1.82, 2.24) is 4.31 Å². The summed E-state index contributed by atoms with van der Waals surface area (Å²) in [7, 11) is -3.84. The van der Waals surface area contributed by atoms with Crippen molar-refractivity contribution in [2.24, 2.45) is 5.92 Å². The second kappa shape index (κ2) is 6.17. The Morgan fingerprint density at radius 2 is 2.00 bits per heavy atom. The molecule has 1 aliphatic rings. The van der Waals surface area contributed by atoms with Gasteiger partial charge in [0.05, 0.1) is 16.6 Å². The number of nitrogens with zero attached hydrogens (tertiary/aromatic N) is 1. The molecule has 6 nitrogen and oxygen atoms in total. The highest BCUT2D eigenvalue weighted by atomic mass is 35.5. The molecule has 2 N–H and O–H groups in total. The Kier molecular flexibility index (Phi) is 4.70. The minimum absolute atomic E-state index is 0.0426. The molecule has 1 heterocycles. The van der Waals surface area contributed by atoms with E-state index in [4.69, 9.17) is 16.7 Å². The van der Waals surface area contributed by atoms with E-state index in [9.17, 15) is 17.6 Å². The van der Waals surface area contributed by atoms with Crippen LogP contribution >= 0.6 is 11.6 Å². The van der Waals surface area contributed by atoms with Crippen molar-refractivity contribution >= 4 is 33.5 Å². The molecule has 1 fully saturated rings. The van der Waals surface area contributed by atoms with E-state index in [1.807, 2.05) is 0 Å². The number of carbonyl (C=O) groups is 1. The quantitative estimate of drug-likeness (QED) is 0.879. The molecule has 0 aromatic heterocycles. The fourth-order valence-corrected chi connectivity index (χ4v) is 3.67. The Morgan fingerprint density at radius 3 is 2.52 bits per heavy atom. The van der Waals surface area contributed by atoms with E-state index in [-0.39, 0.29) is 36.6 Å². The van der Waals surface area contributed by atoms with Gasteiger partial charge in [0.25, 0.3) is 0 Å². The third kappa shape index (κ3) is 3.84. The summed E-state index contributed by atoms with van der Waals surface area (Å²) in [4.78, 5) is 10.8. The maximum absolute atomic E-state index is 12.9. The first-order valence-electron chi connectivity index (χ1n) is 6.25. The first kappa shape index (κ1) is 16.0. The number of halogens is 2. The number of carboxylic acids is 1. The Bertz CT molecular complexity index is 645. The zero-order valence-electron chi connectivity index (χ0n) is 10.9. The van der Waals surface area contributed by atoms with E-state index in [1.54, 1.807) is 0 Å². The normalized spacial score (nSPS) is 17.6. The van der Waals surface area contributed by atoms with Crippen LogP contribution in [0.25, 0.3) is 0 Å². The SMILES string of the molecule is O=C(O)C1CCN(S(=O)(=O)Nc2ccc(F)cc2Cl)CC1. The first-order valence-corrected chi connectivity index (χ1v) is 8.07. The molecule has 0 bridgehead atoms. The molecule has 2 rings (SSSR count). The lowest BCUT2D eigenvalue weighted by Gasteiger charge is -2.29. The van der Waals surface area contributed by atoms with E-state index >= 15 is 0 Å². The molecule has 21 heavy (non-hydrogen) atoms. The minimum atomic E-state index is -3.84. The highest BCUT2D eigenvalue weighted by Gasteiger charge is 2.31. The van der Waals surface area contributed by atoms with Gasteiger partial charge in [-0.15, -0.1) is 0 Å². The number of hydrogen-bond acceptors (Lipinski definition) is 3. The number of anilines is 1. The van der Waals surface area contributed by atoms with Crippen LogP contribution in [0, 0.1) is 11.7 Å². The zero-order chi connectivity index (χ0) is 15.6. The summed E-state index contributed by atoms with van der Waals surface area (Å²) in [5.41, 5.74) is 0.0819. The Labute approximate surface area is 126 Å². The van der Waals surface area contributed by atoms with Crippen molar-refractivity contribution in [2.75, 3.05) is 17.8 Å². The molecule has 9 heteroatoms. The van der Waals surface area contributed by atoms with E-state index in [0.29, 0.717) is 0 Å². The number of rotatable bonds is 4. The third-order valence-corrected chi connectivity index (χ3v) is 5.15. The maximum Gasteiger partial charge on any atom is 0.306 e. The number of aliphatic carboxylic acids is 1. The molecule has 1 aliphatic heterocycles. The van der Waals surface area contributed by atoms with Crippen LogP contribution in [-0.4, -0.2) is 36.9 Å². The van der Waals surface area contributed by atoms with Gasteiger partial charge < -0.3 is 5.11 Å². The fourth-order valence-electron chi connectivity index (χ4n) is 2.12. The topological polar surface area (TPSA) is 86.7 Å². The molecule has 0 amide bonds. The molecule has 0 aliphatic carbocycles. The zero-order valence-corrected chi connectivity index (χ0v) is 12.5. The van der Waals surface area contributed by atoms with Crippen LogP contribution in [0.3, 0.4) is 0 Å². The molecular formula is C12H14ClFN2O4S. The average molecular weight is 337 g/mol. The van der Waals surface area contributed by atoms with Crippen molar-refractivity contribution in [3.8, 4) is 0 Å². The van der Waals surface area contributed by atoms with E-state index in [0.717, 1.165) is 16.4 Å². The first-order chi connectivity index (χ1) is 9.79. The van der Waals surface area contributed by atoms with Gasteiger partial charge in [0, 0.05) is 13.1 Å². The number of benzene rings is 1. The van der Waals surface area contributed by atoms with Crippen LogP contribution in [0.4, 0.5) is 10.1 Å². The highest BCUT2D eigenvalue weighted by molar-refractivity contribution is 7.90. The van der Waals surface area contributed by atoms with Crippen LogP contribution in [0.5, 0.6) is 0 Å². The standard InChI is InChI=1S/C12H14ClFN2O4S/c13-10-7-9(14)1-2-11(10)15-21(19,20)16-5-3-8(4-6-16)12(17)18/h1-2,7-8,15H,3-6H2,(H,17,18). The third-order valence-electron chi connectivity index (χ3n) is 3.31. The van der Waals surface area contributed by atoms with E-state index in [1.165, 1.54) is 6.07 Å². The van der Waals surface area contributed by atoms with Gasteiger partial charge in [-0.2, -0.15) is 12.7 Å². The van der Waals surface area contributed by atoms with Crippen molar-refractivity contribution in [3.05, 3.63) is 29.0 Å². The molecule has 0 radical (unpaired) electrons. The maximum atomic E-state index is 12.9. The minimum Gasteiger partial charge on any atom is -0.481 e. The predicted molar refractivity (Wildman–Crippen MR) is 75.9 cm³/mol. The molecule has 1 aromatic rings. The Hall–Kier alpha value is -1.38. The van der Waals surface area contributed by atoms with Gasteiger partial charge in [-0.1, -0.05) is 11.6 Å². The summed E-state index contributed by atoms with van der Waals surface area (Å²) in [5, 5.41) is 8.85. The number of nitrogens with one attached hydrogen (secondary N) is 1. The molecule has 1 saturated heterocycles. The highest BCUT2D eigenvalue weighted by Crippen LogP contribution is 2.26. The molecule has 0 atom stereocenters. The van der Waals surface area contributed by atoms with Gasteiger partial charge in [-0.3, -0.25) is 9.52 Å². The molecule has 116 valence electrons. The summed E-state index contributed by atoms with van der Waals surface area (Å²) in [5.74, 6) is -2.00. The summed E-state index contributed by atoms with van der Waals surface area (Å²) in [6.07, 6.45) is 0.515. The van der Waals surface area contributed by atoms with Crippen LogP contribution in [-0.2, 0) is 15.0 Å². The lowest BCUT2D eigenvalue weighted by atomic mass is 9.99. The number of hydrogen-bond donors (Lipinski definition) is 2. The smallest absolute Gasteiger partial charge is 0.306 e. The summed E-state index contributed by atoms with van der Waals surface area (Å²) < 4.78 is 40.7. The summed E-state index contributed by atoms with van der Waals surface area (Å²) in [6.45, 7) is 0.232.